The maximum Gasteiger partial charge on any atom is 0.272 e. The largest absolute Gasteiger partial charge is 0.382 e. The normalized spacial score (nSPS) is 13.8. The first-order valence-electron chi connectivity index (χ1n) is 17.9. The summed E-state index contributed by atoms with van der Waals surface area (Å²) < 4.78 is 0. The topological polar surface area (TPSA) is 229 Å². The maximum atomic E-state index is 14.1. The summed E-state index contributed by atoms with van der Waals surface area (Å²) in [6.07, 6.45) is 6.57. The number of hydroxylamine groups is 1. The number of hydrogen-bond acceptors (Lipinski definition) is 11. The van der Waals surface area contributed by atoms with Gasteiger partial charge >= 0.3 is 0 Å². The van der Waals surface area contributed by atoms with Crippen LogP contribution in [-0.2, 0) is 35.2 Å². The Balaban J connectivity index is 2.33. The number of rotatable bonds is 24. The summed E-state index contributed by atoms with van der Waals surface area (Å²) in [5.74, 6) is 4.07. The molecule has 0 aliphatic rings. The predicted molar refractivity (Wildman–Crippen MR) is 199 cm³/mol. The van der Waals surface area contributed by atoms with Gasteiger partial charge in [-0.1, -0.05) is 68.4 Å². The molecular weight excluding hydrogens is 696 g/mol. The summed E-state index contributed by atoms with van der Waals surface area (Å²) in [6.45, 7) is 5.15. The summed E-state index contributed by atoms with van der Waals surface area (Å²) in [6, 6.07) is 11.3. The van der Waals surface area contributed by atoms with E-state index >= 15 is 0 Å². The molecule has 292 valence electrons. The van der Waals surface area contributed by atoms with Crippen molar-refractivity contribution in [1.29, 1.82) is 0 Å². The molecule has 0 saturated heterocycles. The van der Waals surface area contributed by atoms with Crippen molar-refractivity contribution in [2.45, 2.75) is 96.4 Å². The van der Waals surface area contributed by atoms with Gasteiger partial charge in [-0.3, -0.25) is 29.2 Å². The van der Waals surface area contributed by atoms with Crippen molar-refractivity contribution in [1.82, 2.24) is 26.2 Å². The molecular formula is C39H52N6O9. The van der Waals surface area contributed by atoms with Gasteiger partial charge in [0, 0.05) is 36.9 Å². The van der Waals surface area contributed by atoms with E-state index in [1.807, 2.05) is 0 Å². The molecule has 0 fully saturated rings. The fraction of sp³-hybridized carbons (Fsp3) is 0.462. The van der Waals surface area contributed by atoms with Gasteiger partial charge in [0.1, 0.15) is 36.8 Å². The molecule has 5 atom stereocenters. The van der Waals surface area contributed by atoms with Crippen LogP contribution in [0.4, 0.5) is 0 Å². The highest BCUT2D eigenvalue weighted by atomic mass is 16.5. The van der Waals surface area contributed by atoms with Gasteiger partial charge in [0.15, 0.2) is 5.78 Å². The van der Waals surface area contributed by atoms with Gasteiger partial charge < -0.3 is 25.3 Å². The summed E-state index contributed by atoms with van der Waals surface area (Å²) in [4.78, 5) is 89.5. The van der Waals surface area contributed by atoms with E-state index in [0.717, 1.165) is 10.1 Å². The van der Waals surface area contributed by atoms with E-state index in [9.17, 15) is 38.7 Å². The van der Waals surface area contributed by atoms with E-state index in [2.05, 4.69) is 16.6 Å². The molecule has 0 aliphatic carbocycles. The molecule has 15 nitrogen and oxygen atoms in total. The van der Waals surface area contributed by atoms with Crippen molar-refractivity contribution in [2.75, 3.05) is 6.54 Å². The third kappa shape index (κ3) is 13.9. The van der Waals surface area contributed by atoms with Crippen LogP contribution in [-0.4, -0.2) is 93.2 Å². The van der Waals surface area contributed by atoms with Gasteiger partial charge in [0.2, 0.25) is 11.8 Å². The average Bonchev–Trinajstić information content (AvgIpc) is 3.17. The SMILES string of the molecule is C#CCCCC(=O)NCCCCC(C=O)N(N)N(C(=O)C(C)NC(=O)C(CC(C)C)C(O)C(=O)NO)C(C=O)Cc1ccc(C(=O)c2ccccc2)cc1. The van der Waals surface area contributed by atoms with Crippen LogP contribution in [0.15, 0.2) is 54.6 Å². The van der Waals surface area contributed by atoms with Gasteiger partial charge in [0.25, 0.3) is 11.8 Å². The molecule has 0 bridgehead atoms. The molecule has 7 N–H and O–H groups in total. The molecule has 15 heteroatoms. The summed E-state index contributed by atoms with van der Waals surface area (Å²) in [7, 11) is 0. The molecule has 5 unspecified atom stereocenters. The monoisotopic (exact) mass is 748 g/mol. The lowest BCUT2D eigenvalue weighted by Gasteiger charge is -2.39. The number of hydrazine groups is 2. The third-order valence-corrected chi connectivity index (χ3v) is 8.66. The quantitative estimate of drug-likeness (QED) is 0.0172. The lowest BCUT2D eigenvalue weighted by Crippen LogP contribution is -2.64. The number of aliphatic hydroxyl groups excluding tert-OH is 1. The molecule has 4 amide bonds. The molecule has 2 rings (SSSR count). The number of aldehydes is 2. The highest BCUT2D eigenvalue weighted by Gasteiger charge is 2.38. The van der Waals surface area contributed by atoms with Gasteiger partial charge in [0.05, 0.1) is 5.92 Å². The molecule has 0 spiro atoms. The van der Waals surface area contributed by atoms with Gasteiger partial charge in [-0.25, -0.2) is 16.3 Å². The van der Waals surface area contributed by atoms with Crippen LogP contribution in [0.2, 0.25) is 0 Å². The number of terminal acetylenes is 1. The number of nitrogens with two attached hydrogens (primary N) is 1. The van der Waals surface area contributed by atoms with E-state index in [0.29, 0.717) is 61.5 Å². The number of aliphatic hydroxyl groups is 1. The van der Waals surface area contributed by atoms with E-state index < -0.39 is 47.9 Å². The zero-order valence-corrected chi connectivity index (χ0v) is 31.0. The van der Waals surface area contributed by atoms with Crippen molar-refractivity contribution in [3.05, 3.63) is 71.3 Å². The first-order chi connectivity index (χ1) is 25.8. The standard InChI is InChI=1S/C39H52N6O9/c1-5-6-8-16-34(48)41-21-12-11-15-31(24-46)45(40)44(39(53)27(4)42-37(51)33(22-26(2)3)36(50)38(52)43-54)32(25-47)23-28-17-19-30(20-18-28)35(49)29-13-9-7-10-14-29/h1,7,9-10,13-14,17-20,24-27,31-33,36,50,54H,6,8,11-12,15-16,21-23,40H2,2-4H3,(H,41,48)(H,42,51)(H,43,52). The number of carbonyl (C=O) groups excluding carboxylic acids is 7. The van der Waals surface area contributed by atoms with Crippen molar-refractivity contribution in [2.24, 2.45) is 17.7 Å². The third-order valence-electron chi connectivity index (χ3n) is 8.66. The number of nitrogens with one attached hydrogen (secondary N) is 3. The van der Waals surface area contributed by atoms with Crippen LogP contribution in [0.3, 0.4) is 0 Å². The highest BCUT2D eigenvalue weighted by Crippen LogP contribution is 2.20. The Morgan fingerprint density at radius 2 is 1.52 bits per heavy atom. The minimum atomic E-state index is -1.94. The van der Waals surface area contributed by atoms with E-state index in [4.69, 9.17) is 17.5 Å². The zero-order valence-electron chi connectivity index (χ0n) is 31.0. The van der Waals surface area contributed by atoms with E-state index in [-0.39, 0.29) is 43.3 Å². The fourth-order valence-electron chi connectivity index (χ4n) is 5.72. The molecule has 0 saturated carbocycles. The highest BCUT2D eigenvalue weighted by molar-refractivity contribution is 6.09. The molecule has 54 heavy (non-hydrogen) atoms. The predicted octanol–water partition coefficient (Wildman–Crippen LogP) is 1.64. The zero-order chi connectivity index (χ0) is 40.2. The Kier molecular flexibility index (Phi) is 19.5. The van der Waals surface area contributed by atoms with Crippen molar-refractivity contribution >= 4 is 42.0 Å². The molecule has 0 aromatic heterocycles. The molecule has 0 heterocycles. The number of hydrogen-bond donors (Lipinski definition) is 6. The smallest absolute Gasteiger partial charge is 0.272 e. The van der Waals surface area contributed by atoms with Gasteiger partial charge in [-0.2, -0.15) is 0 Å². The summed E-state index contributed by atoms with van der Waals surface area (Å²) in [5.41, 5.74) is 2.76. The molecule has 0 aliphatic heterocycles. The lowest BCUT2D eigenvalue weighted by molar-refractivity contribution is -0.168. The fourth-order valence-corrected chi connectivity index (χ4v) is 5.72. The van der Waals surface area contributed by atoms with E-state index in [1.165, 1.54) is 12.4 Å². The van der Waals surface area contributed by atoms with Crippen molar-refractivity contribution in [3.8, 4) is 12.3 Å². The second kappa shape index (κ2) is 23.4. The Hall–Kier alpha value is -5.27. The maximum absolute atomic E-state index is 14.1. The minimum absolute atomic E-state index is 0.0202. The van der Waals surface area contributed by atoms with Crippen LogP contribution in [0.5, 0.6) is 0 Å². The average molecular weight is 749 g/mol. The minimum Gasteiger partial charge on any atom is -0.382 e. The van der Waals surface area contributed by atoms with Crippen LogP contribution in [0.25, 0.3) is 0 Å². The first-order valence-corrected chi connectivity index (χ1v) is 17.9. The second-order valence-electron chi connectivity index (χ2n) is 13.4. The number of carbonyl (C=O) groups is 7. The number of ketones is 1. The number of benzene rings is 2. The number of unbranched alkanes of at least 4 members (excludes halogenated alkanes) is 2. The molecule has 2 aromatic rings. The molecule has 2 aromatic carbocycles. The number of nitrogens with zero attached hydrogens (tertiary/aromatic N) is 2. The van der Waals surface area contributed by atoms with Crippen LogP contribution in [0.1, 0.15) is 87.2 Å². The number of amides is 4. The lowest BCUT2D eigenvalue weighted by atomic mass is 9.90. The van der Waals surface area contributed by atoms with E-state index in [1.54, 1.807) is 68.4 Å². The Bertz CT molecular complexity index is 1600. The second-order valence-corrected chi connectivity index (χ2v) is 13.4. The van der Waals surface area contributed by atoms with Gasteiger partial charge in [-0.15, -0.1) is 17.5 Å². The first kappa shape index (κ1) is 44.9. The Morgan fingerprint density at radius 3 is 2.09 bits per heavy atom. The Labute approximate surface area is 315 Å². The Morgan fingerprint density at radius 1 is 0.889 bits per heavy atom. The van der Waals surface area contributed by atoms with Crippen LogP contribution in [0, 0.1) is 24.2 Å². The summed E-state index contributed by atoms with van der Waals surface area (Å²) in [5, 5.41) is 26.5. The van der Waals surface area contributed by atoms with Gasteiger partial charge in [-0.05, 0) is 50.5 Å². The van der Waals surface area contributed by atoms with Crippen LogP contribution >= 0.6 is 0 Å². The molecule has 0 radical (unpaired) electrons. The summed E-state index contributed by atoms with van der Waals surface area (Å²) >= 11 is 0. The van der Waals surface area contributed by atoms with Crippen LogP contribution < -0.4 is 22.0 Å². The van der Waals surface area contributed by atoms with Crippen molar-refractivity contribution in [3.63, 3.8) is 0 Å². The van der Waals surface area contributed by atoms with Crippen molar-refractivity contribution < 1.29 is 43.9 Å².